The summed E-state index contributed by atoms with van der Waals surface area (Å²) < 4.78 is 34.9. The number of halogens is 1. The van der Waals surface area contributed by atoms with Crippen molar-refractivity contribution in [1.82, 2.24) is 5.32 Å². The van der Waals surface area contributed by atoms with Crippen molar-refractivity contribution in [3.8, 4) is 5.75 Å². The Balaban J connectivity index is 1.67. The van der Waals surface area contributed by atoms with Crippen molar-refractivity contribution < 1.29 is 17.9 Å². The molecule has 0 fully saturated rings. The average Bonchev–Trinajstić information content (AvgIpc) is 2.88. The molecule has 0 spiro atoms. The third-order valence-corrected chi connectivity index (χ3v) is 8.88. The van der Waals surface area contributed by atoms with Crippen molar-refractivity contribution >= 4 is 33.2 Å². The molecule has 1 N–H and O–H groups in total. The lowest BCUT2D eigenvalue weighted by Gasteiger charge is -2.41. The van der Waals surface area contributed by atoms with E-state index in [1.54, 1.807) is 43.3 Å². The number of carbonyl (C=O) groups excluding carboxylic acids is 1. The van der Waals surface area contributed by atoms with Gasteiger partial charge < -0.3 is 10.1 Å². The second-order valence-corrected chi connectivity index (χ2v) is 11.4. The summed E-state index contributed by atoms with van der Waals surface area (Å²) in [7, 11) is -4.01. The van der Waals surface area contributed by atoms with E-state index in [1.165, 1.54) is 12.1 Å². The quantitative estimate of drug-likeness (QED) is 0.388. The number of ether oxygens (including phenoxy) is 1. The maximum atomic E-state index is 13.7. The number of hydrogen-bond acceptors (Lipinski definition) is 4. The predicted octanol–water partition coefficient (Wildman–Crippen LogP) is 6.04. The molecule has 0 bridgehead atoms. The number of rotatable bonds is 8. The Morgan fingerprint density at radius 2 is 1.72 bits per heavy atom. The molecule has 0 saturated carbocycles. The van der Waals surface area contributed by atoms with Crippen molar-refractivity contribution in [3.05, 3.63) is 88.9 Å². The lowest BCUT2D eigenvalue weighted by atomic mass is 9.83. The van der Waals surface area contributed by atoms with E-state index in [0.717, 1.165) is 28.5 Å². The van der Waals surface area contributed by atoms with Crippen LogP contribution in [0.1, 0.15) is 50.3 Å². The van der Waals surface area contributed by atoms with Crippen LogP contribution in [0.15, 0.2) is 77.7 Å². The van der Waals surface area contributed by atoms with Gasteiger partial charge in [-0.15, -0.1) is 0 Å². The average molecular weight is 527 g/mol. The number of benzene rings is 3. The summed E-state index contributed by atoms with van der Waals surface area (Å²) in [5.41, 5.74) is 1.56. The molecular weight excluding hydrogens is 496 g/mol. The zero-order valence-corrected chi connectivity index (χ0v) is 22.3. The van der Waals surface area contributed by atoms with E-state index < -0.39 is 21.5 Å². The second-order valence-electron chi connectivity index (χ2n) is 9.11. The minimum absolute atomic E-state index is 0.111. The van der Waals surface area contributed by atoms with Gasteiger partial charge in [-0.05, 0) is 61.7 Å². The molecule has 0 saturated heterocycles. The molecule has 1 amide bonds. The Morgan fingerprint density at radius 1 is 1.06 bits per heavy atom. The Bertz CT molecular complexity index is 1340. The fourth-order valence-corrected chi connectivity index (χ4v) is 6.45. The Hall–Kier alpha value is -3.03. The maximum absolute atomic E-state index is 13.7. The number of nitrogens with zero attached hydrogens (tertiary/aromatic N) is 1. The highest BCUT2D eigenvalue weighted by molar-refractivity contribution is 7.92. The summed E-state index contributed by atoms with van der Waals surface area (Å²) in [6.45, 7) is 5.56. The van der Waals surface area contributed by atoms with E-state index in [2.05, 4.69) is 19.2 Å². The van der Waals surface area contributed by atoms with Crippen LogP contribution in [0.4, 0.5) is 5.69 Å². The monoisotopic (exact) mass is 526 g/mol. The SMILES string of the molecule is CCC1(CC)C[C@@H](NC(=O)CN(c2ccc(Cl)cc2C)S(=O)(=O)c2ccccc2)c2ccccc2O1. The summed E-state index contributed by atoms with van der Waals surface area (Å²) in [5, 5.41) is 3.59. The van der Waals surface area contributed by atoms with Gasteiger partial charge in [0.15, 0.2) is 0 Å². The first-order chi connectivity index (χ1) is 17.2. The maximum Gasteiger partial charge on any atom is 0.264 e. The van der Waals surface area contributed by atoms with Crippen molar-refractivity contribution in [2.75, 3.05) is 10.8 Å². The van der Waals surface area contributed by atoms with E-state index in [9.17, 15) is 13.2 Å². The highest BCUT2D eigenvalue weighted by Crippen LogP contribution is 2.42. The van der Waals surface area contributed by atoms with Gasteiger partial charge in [0.05, 0.1) is 16.6 Å². The molecule has 3 aromatic carbocycles. The first-order valence-corrected chi connectivity index (χ1v) is 13.9. The van der Waals surface area contributed by atoms with Crippen LogP contribution in [0, 0.1) is 6.92 Å². The summed E-state index contributed by atoms with van der Waals surface area (Å²) in [6.07, 6.45) is 2.19. The van der Waals surface area contributed by atoms with Gasteiger partial charge in [-0.3, -0.25) is 9.10 Å². The van der Waals surface area contributed by atoms with Gasteiger partial charge >= 0.3 is 0 Å². The van der Waals surface area contributed by atoms with E-state index in [-0.39, 0.29) is 17.5 Å². The number of fused-ring (bicyclic) bond motifs is 1. The third-order valence-electron chi connectivity index (χ3n) is 6.87. The normalized spacial score (nSPS) is 16.5. The van der Waals surface area contributed by atoms with Gasteiger partial charge in [0.2, 0.25) is 5.91 Å². The number of hydrogen-bond donors (Lipinski definition) is 1. The Morgan fingerprint density at radius 3 is 2.39 bits per heavy atom. The van der Waals surface area contributed by atoms with Crippen molar-refractivity contribution in [1.29, 1.82) is 0 Å². The first-order valence-electron chi connectivity index (χ1n) is 12.1. The van der Waals surface area contributed by atoms with Crippen LogP contribution in [0.5, 0.6) is 5.75 Å². The van der Waals surface area contributed by atoms with E-state index in [1.807, 2.05) is 24.3 Å². The molecule has 0 aromatic heterocycles. The zero-order valence-electron chi connectivity index (χ0n) is 20.7. The molecule has 0 radical (unpaired) electrons. The smallest absolute Gasteiger partial charge is 0.264 e. The first kappa shape index (κ1) is 26.0. The molecule has 1 heterocycles. The number of amides is 1. The lowest BCUT2D eigenvalue weighted by molar-refractivity contribution is -0.121. The van der Waals surface area contributed by atoms with E-state index >= 15 is 0 Å². The highest BCUT2D eigenvalue weighted by atomic mass is 35.5. The van der Waals surface area contributed by atoms with E-state index in [4.69, 9.17) is 16.3 Å². The number of sulfonamides is 1. The van der Waals surface area contributed by atoms with Gasteiger partial charge in [-0.2, -0.15) is 0 Å². The summed E-state index contributed by atoms with van der Waals surface area (Å²) >= 11 is 6.13. The van der Waals surface area contributed by atoms with Crippen molar-refractivity contribution in [2.24, 2.45) is 0 Å². The molecule has 6 nitrogen and oxygen atoms in total. The van der Waals surface area contributed by atoms with Gasteiger partial charge in [-0.1, -0.05) is 61.8 Å². The summed E-state index contributed by atoms with van der Waals surface area (Å²) in [6, 6.07) is 20.5. The highest BCUT2D eigenvalue weighted by Gasteiger charge is 2.39. The molecule has 190 valence electrons. The standard InChI is InChI=1S/C28H31ClN2O4S/c1-4-28(5-2)18-24(23-13-9-10-14-26(23)35-28)30-27(32)19-31(25-16-15-21(29)17-20(25)3)36(33,34)22-11-7-6-8-12-22/h6-17,24H,4-5,18-19H2,1-3H3,(H,30,32)/t24-/m1/s1. The summed E-state index contributed by atoms with van der Waals surface area (Å²) in [4.78, 5) is 13.6. The third kappa shape index (κ3) is 5.22. The number of nitrogens with one attached hydrogen (secondary N) is 1. The molecule has 3 aromatic rings. The van der Waals surface area contributed by atoms with Crippen LogP contribution in [-0.2, 0) is 14.8 Å². The molecule has 0 aliphatic carbocycles. The fourth-order valence-electron chi connectivity index (χ4n) is 4.72. The molecule has 8 heteroatoms. The van der Waals surface area contributed by atoms with Gasteiger partial charge in [0.1, 0.15) is 17.9 Å². The van der Waals surface area contributed by atoms with Gasteiger partial charge in [0, 0.05) is 17.0 Å². The topological polar surface area (TPSA) is 75.7 Å². The molecule has 1 atom stereocenters. The largest absolute Gasteiger partial charge is 0.487 e. The molecule has 1 aliphatic rings. The second kappa shape index (κ2) is 10.5. The molecule has 1 aliphatic heterocycles. The van der Waals surface area contributed by atoms with Crippen LogP contribution in [0.3, 0.4) is 0 Å². The van der Waals surface area contributed by atoms with Crippen LogP contribution in [-0.4, -0.2) is 26.5 Å². The predicted molar refractivity (Wildman–Crippen MR) is 143 cm³/mol. The Kier molecular flexibility index (Phi) is 7.62. The van der Waals surface area contributed by atoms with Gasteiger partial charge in [-0.25, -0.2) is 8.42 Å². The lowest BCUT2D eigenvalue weighted by Crippen LogP contribution is -2.47. The minimum atomic E-state index is -4.01. The Labute approximate surface area is 218 Å². The summed E-state index contributed by atoms with van der Waals surface area (Å²) in [5.74, 6) is 0.353. The number of aryl methyl sites for hydroxylation is 1. The van der Waals surface area contributed by atoms with Crippen molar-refractivity contribution in [3.63, 3.8) is 0 Å². The number of carbonyl (C=O) groups is 1. The number of para-hydroxylation sites is 1. The zero-order chi connectivity index (χ0) is 25.9. The van der Waals surface area contributed by atoms with Gasteiger partial charge in [0.25, 0.3) is 10.0 Å². The van der Waals surface area contributed by atoms with Crippen LogP contribution < -0.4 is 14.4 Å². The molecule has 4 rings (SSSR count). The minimum Gasteiger partial charge on any atom is -0.487 e. The van der Waals surface area contributed by atoms with E-state index in [0.29, 0.717) is 22.7 Å². The number of anilines is 1. The van der Waals surface area contributed by atoms with Crippen LogP contribution in [0.25, 0.3) is 0 Å². The van der Waals surface area contributed by atoms with Crippen molar-refractivity contribution in [2.45, 2.75) is 56.6 Å². The molecule has 36 heavy (non-hydrogen) atoms. The fraction of sp³-hybridized carbons (Fsp3) is 0.321. The molecular formula is C28H31ClN2O4S. The van der Waals surface area contributed by atoms with Crippen LogP contribution >= 0.6 is 11.6 Å². The molecule has 0 unspecified atom stereocenters. The van der Waals surface area contributed by atoms with Crippen LogP contribution in [0.2, 0.25) is 5.02 Å².